The molecule has 2 heterocycles. The maximum Gasteiger partial charge on any atom is 0.265 e. The fourth-order valence-electron chi connectivity index (χ4n) is 3.31. The molecule has 0 bridgehead atoms. The number of H-pyrrole nitrogens is 1. The van der Waals surface area contributed by atoms with Crippen LogP contribution in [0.5, 0.6) is 0 Å². The molecule has 25 heavy (non-hydrogen) atoms. The third-order valence-electron chi connectivity index (χ3n) is 4.54. The molecule has 2 aromatic carbocycles. The molecule has 0 radical (unpaired) electrons. The van der Waals surface area contributed by atoms with Crippen LogP contribution in [-0.4, -0.2) is 37.2 Å². The number of rotatable bonds is 3. The first-order chi connectivity index (χ1) is 12.1. The highest BCUT2D eigenvalue weighted by molar-refractivity contribution is 6.31. The summed E-state index contributed by atoms with van der Waals surface area (Å²) < 4.78 is 5.40. The number of morpholine rings is 1. The van der Waals surface area contributed by atoms with Crippen LogP contribution < -0.4 is 10.6 Å². The van der Waals surface area contributed by atoms with Gasteiger partial charge < -0.3 is 20.4 Å². The Hall–Kier alpha value is -2.50. The van der Waals surface area contributed by atoms with Crippen LogP contribution in [0, 0.1) is 0 Å². The number of nitrogens with two attached hydrogens (primary N) is 1. The lowest BCUT2D eigenvalue weighted by atomic mass is 10.0. The first kappa shape index (κ1) is 16.0. The lowest BCUT2D eigenvalue weighted by Crippen LogP contribution is -2.36. The molecule has 1 saturated heterocycles. The molecule has 6 heteroatoms. The van der Waals surface area contributed by atoms with Crippen LogP contribution in [0.3, 0.4) is 0 Å². The molecule has 5 nitrogen and oxygen atoms in total. The van der Waals surface area contributed by atoms with Gasteiger partial charge in [0.15, 0.2) is 0 Å². The van der Waals surface area contributed by atoms with Gasteiger partial charge in [-0.15, -0.1) is 0 Å². The lowest BCUT2D eigenvalue weighted by Gasteiger charge is -2.28. The normalized spacial score (nSPS) is 14.8. The Morgan fingerprint density at radius 1 is 1.12 bits per heavy atom. The molecule has 0 aliphatic carbocycles. The van der Waals surface area contributed by atoms with Gasteiger partial charge in [-0.2, -0.15) is 0 Å². The molecule has 0 saturated carbocycles. The Kier molecular flexibility index (Phi) is 4.11. The van der Waals surface area contributed by atoms with Crippen LogP contribution in [0.15, 0.2) is 42.5 Å². The fourth-order valence-corrected chi connectivity index (χ4v) is 3.48. The first-order valence-electron chi connectivity index (χ1n) is 8.17. The summed E-state index contributed by atoms with van der Waals surface area (Å²) in [7, 11) is 0. The van der Waals surface area contributed by atoms with E-state index in [0.717, 1.165) is 54.0 Å². The van der Waals surface area contributed by atoms with E-state index in [4.69, 9.17) is 22.1 Å². The van der Waals surface area contributed by atoms with Crippen molar-refractivity contribution in [1.82, 2.24) is 4.98 Å². The summed E-state index contributed by atoms with van der Waals surface area (Å²) in [5, 5.41) is 1.51. The van der Waals surface area contributed by atoms with Gasteiger partial charge in [-0.05, 0) is 35.9 Å². The quantitative estimate of drug-likeness (QED) is 0.756. The Bertz CT molecular complexity index is 928. The molecule has 1 fully saturated rings. The number of carbonyl (C=O) groups excluding carboxylic acids is 1. The molecule has 1 aliphatic rings. The van der Waals surface area contributed by atoms with Gasteiger partial charge in [0.2, 0.25) is 0 Å². The number of amides is 1. The minimum absolute atomic E-state index is 0.399. The largest absolute Gasteiger partial charge is 0.378 e. The molecule has 0 unspecified atom stereocenters. The first-order valence-corrected chi connectivity index (χ1v) is 8.55. The van der Waals surface area contributed by atoms with E-state index in [1.807, 2.05) is 24.3 Å². The van der Waals surface area contributed by atoms with Gasteiger partial charge in [0, 0.05) is 40.3 Å². The number of aromatic amines is 1. The van der Waals surface area contributed by atoms with E-state index in [1.165, 1.54) is 0 Å². The van der Waals surface area contributed by atoms with Crippen LogP contribution in [0.25, 0.3) is 22.0 Å². The van der Waals surface area contributed by atoms with Gasteiger partial charge in [0.25, 0.3) is 5.91 Å². The average Bonchev–Trinajstić information content (AvgIpc) is 3.01. The summed E-state index contributed by atoms with van der Waals surface area (Å²) in [6, 6.07) is 13.7. The standard InChI is InChI=1S/C19H18ClN3O2/c20-13-3-6-16-15(11-13)17(18(22-16)19(21)24)12-1-4-14(5-2-12)23-7-9-25-10-8-23/h1-6,11,22H,7-10H2,(H2,21,24). The predicted octanol–water partition coefficient (Wildman–Crippen LogP) is 3.42. The second kappa shape index (κ2) is 6.43. The smallest absolute Gasteiger partial charge is 0.265 e. The molecule has 3 N–H and O–H groups in total. The number of nitrogens with one attached hydrogen (secondary N) is 1. The molecular formula is C19H18ClN3O2. The maximum absolute atomic E-state index is 11.9. The number of nitrogens with zero attached hydrogens (tertiary/aromatic N) is 1. The second-order valence-electron chi connectivity index (χ2n) is 6.08. The van der Waals surface area contributed by atoms with Crippen LogP contribution in [0.4, 0.5) is 5.69 Å². The van der Waals surface area contributed by atoms with E-state index in [9.17, 15) is 4.79 Å². The number of hydrogen-bond donors (Lipinski definition) is 2. The van der Waals surface area contributed by atoms with Crippen molar-refractivity contribution < 1.29 is 9.53 Å². The molecule has 0 atom stereocenters. The number of carbonyl (C=O) groups is 1. The molecule has 0 spiro atoms. The van der Waals surface area contributed by atoms with Crippen molar-refractivity contribution in [3.63, 3.8) is 0 Å². The Labute approximate surface area is 150 Å². The van der Waals surface area contributed by atoms with Gasteiger partial charge in [-0.3, -0.25) is 4.79 Å². The summed E-state index contributed by atoms with van der Waals surface area (Å²) in [6.07, 6.45) is 0. The van der Waals surface area contributed by atoms with E-state index < -0.39 is 5.91 Å². The number of ether oxygens (including phenoxy) is 1. The van der Waals surface area contributed by atoms with Gasteiger partial charge >= 0.3 is 0 Å². The zero-order valence-corrected chi connectivity index (χ0v) is 14.3. The van der Waals surface area contributed by atoms with E-state index in [-0.39, 0.29) is 0 Å². The third-order valence-corrected chi connectivity index (χ3v) is 4.77. The van der Waals surface area contributed by atoms with Crippen LogP contribution in [0.1, 0.15) is 10.5 Å². The number of halogens is 1. The molecule has 3 aromatic rings. The summed E-state index contributed by atoms with van der Waals surface area (Å²) in [5.74, 6) is -0.487. The van der Waals surface area contributed by atoms with Gasteiger partial charge in [0.05, 0.1) is 13.2 Å². The van der Waals surface area contributed by atoms with Crippen LogP contribution in [0.2, 0.25) is 5.02 Å². The van der Waals surface area contributed by atoms with E-state index in [2.05, 4.69) is 22.0 Å². The van der Waals surface area contributed by atoms with Gasteiger partial charge in [-0.1, -0.05) is 23.7 Å². The number of primary amides is 1. The number of fused-ring (bicyclic) bond motifs is 1. The van der Waals surface area contributed by atoms with Crippen molar-refractivity contribution in [3.05, 3.63) is 53.2 Å². The highest BCUT2D eigenvalue weighted by Gasteiger charge is 2.18. The lowest BCUT2D eigenvalue weighted by molar-refractivity contribution is 0.0997. The van der Waals surface area contributed by atoms with Crippen molar-refractivity contribution in [2.75, 3.05) is 31.2 Å². The fraction of sp³-hybridized carbons (Fsp3) is 0.211. The Balaban J connectivity index is 1.79. The highest BCUT2D eigenvalue weighted by Crippen LogP contribution is 2.34. The van der Waals surface area contributed by atoms with Crippen molar-refractivity contribution in [2.24, 2.45) is 5.73 Å². The summed E-state index contributed by atoms with van der Waals surface area (Å²) in [6.45, 7) is 3.26. The van der Waals surface area contributed by atoms with Crippen molar-refractivity contribution in [2.45, 2.75) is 0 Å². The molecule has 1 aromatic heterocycles. The molecule has 4 rings (SSSR count). The van der Waals surface area contributed by atoms with Crippen LogP contribution in [-0.2, 0) is 4.74 Å². The monoisotopic (exact) mass is 355 g/mol. The van der Waals surface area contributed by atoms with E-state index in [0.29, 0.717) is 10.7 Å². The number of aromatic nitrogens is 1. The molecular weight excluding hydrogens is 338 g/mol. The van der Waals surface area contributed by atoms with E-state index >= 15 is 0 Å². The maximum atomic E-state index is 11.9. The molecule has 1 aliphatic heterocycles. The molecule has 1 amide bonds. The summed E-state index contributed by atoms with van der Waals surface area (Å²) in [5.41, 5.74) is 9.68. The number of anilines is 1. The number of hydrogen-bond acceptors (Lipinski definition) is 3. The zero-order valence-electron chi connectivity index (χ0n) is 13.6. The van der Waals surface area contributed by atoms with Gasteiger partial charge in [0.1, 0.15) is 5.69 Å². The summed E-state index contributed by atoms with van der Waals surface area (Å²) >= 11 is 6.15. The Morgan fingerprint density at radius 3 is 2.52 bits per heavy atom. The minimum Gasteiger partial charge on any atom is -0.378 e. The minimum atomic E-state index is -0.487. The highest BCUT2D eigenvalue weighted by atomic mass is 35.5. The molecule has 128 valence electrons. The second-order valence-corrected chi connectivity index (χ2v) is 6.51. The van der Waals surface area contributed by atoms with Gasteiger partial charge in [-0.25, -0.2) is 0 Å². The predicted molar refractivity (Wildman–Crippen MR) is 100 cm³/mol. The van der Waals surface area contributed by atoms with E-state index in [1.54, 1.807) is 6.07 Å². The van der Waals surface area contributed by atoms with Crippen molar-refractivity contribution in [3.8, 4) is 11.1 Å². The van der Waals surface area contributed by atoms with Crippen molar-refractivity contribution in [1.29, 1.82) is 0 Å². The topological polar surface area (TPSA) is 71.4 Å². The SMILES string of the molecule is NC(=O)c1[nH]c2ccc(Cl)cc2c1-c1ccc(N2CCOCC2)cc1. The summed E-state index contributed by atoms with van der Waals surface area (Å²) in [4.78, 5) is 17.3. The Morgan fingerprint density at radius 2 is 1.84 bits per heavy atom. The number of benzene rings is 2. The third kappa shape index (κ3) is 2.97. The average molecular weight is 356 g/mol. The zero-order chi connectivity index (χ0) is 17.4. The van der Waals surface area contributed by atoms with Crippen LogP contribution >= 0.6 is 11.6 Å². The van der Waals surface area contributed by atoms with Crippen molar-refractivity contribution >= 4 is 34.1 Å².